The monoisotopic (exact) mass is 447 g/mol. The molecule has 4 saturated heterocycles. The number of Topliss-reactive ketones (excluding diaryl/α,β-unsaturated/α-hetero) is 1. The van der Waals surface area contributed by atoms with Crippen LogP contribution in [-0.4, -0.2) is 51.3 Å². The summed E-state index contributed by atoms with van der Waals surface area (Å²) >= 11 is 0. The number of benzene rings is 1. The Hall–Kier alpha value is -2.83. The van der Waals surface area contributed by atoms with E-state index in [0.717, 1.165) is 23.4 Å². The van der Waals surface area contributed by atoms with Crippen molar-refractivity contribution in [1.29, 1.82) is 0 Å². The van der Waals surface area contributed by atoms with Crippen molar-refractivity contribution in [3.63, 3.8) is 0 Å². The van der Waals surface area contributed by atoms with Crippen molar-refractivity contribution in [3.05, 3.63) is 29.3 Å². The fourth-order valence-corrected chi connectivity index (χ4v) is 7.99. The Kier molecular flexibility index (Phi) is 3.14. The lowest BCUT2D eigenvalue weighted by Crippen LogP contribution is -2.81. The molecule has 1 aromatic rings. The van der Waals surface area contributed by atoms with Gasteiger partial charge in [-0.15, -0.1) is 0 Å². The van der Waals surface area contributed by atoms with Crippen LogP contribution in [0.4, 0.5) is 5.69 Å². The van der Waals surface area contributed by atoms with Crippen LogP contribution in [0.2, 0.25) is 0 Å². The van der Waals surface area contributed by atoms with Gasteiger partial charge in [0.05, 0.1) is 5.69 Å². The number of ether oxygens (including phenoxy) is 1. The van der Waals surface area contributed by atoms with Crippen LogP contribution < -0.4 is 15.4 Å². The van der Waals surface area contributed by atoms with E-state index in [-0.39, 0.29) is 29.9 Å². The van der Waals surface area contributed by atoms with E-state index < -0.39 is 27.6 Å². The van der Waals surface area contributed by atoms with Crippen molar-refractivity contribution in [2.24, 2.45) is 11.3 Å². The maximum absolute atomic E-state index is 14.1. The molecule has 0 unspecified atom stereocenters. The Morgan fingerprint density at radius 2 is 1.88 bits per heavy atom. The fourth-order valence-electron chi connectivity index (χ4n) is 7.99. The third kappa shape index (κ3) is 1.91. The van der Waals surface area contributed by atoms with Crippen molar-refractivity contribution in [3.8, 4) is 5.75 Å². The number of nitrogens with zero attached hydrogens (tertiary/aromatic N) is 1. The molecule has 3 spiro atoms. The maximum atomic E-state index is 14.1. The van der Waals surface area contributed by atoms with E-state index in [4.69, 9.17) is 4.74 Å². The number of piperidine rings is 2. The molecule has 6 heterocycles. The van der Waals surface area contributed by atoms with E-state index in [0.29, 0.717) is 24.9 Å². The van der Waals surface area contributed by atoms with Crippen LogP contribution in [0.5, 0.6) is 5.75 Å². The summed E-state index contributed by atoms with van der Waals surface area (Å²) in [4.78, 5) is 43.1. The normalized spacial score (nSPS) is 40.2. The second kappa shape index (κ2) is 5.29. The highest BCUT2D eigenvalue weighted by atomic mass is 16.5. The molecular weight excluding hydrogens is 418 g/mol. The lowest BCUT2D eigenvalue weighted by Gasteiger charge is -2.58. The number of nitrogens with one attached hydrogen (secondary N) is 2. The first-order valence-corrected chi connectivity index (χ1v) is 12.0. The van der Waals surface area contributed by atoms with Crippen molar-refractivity contribution in [2.45, 2.75) is 75.6 Å². The average Bonchev–Trinajstić information content (AvgIpc) is 3.35. The minimum atomic E-state index is -1.04. The van der Waals surface area contributed by atoms with Gasteiger partial charge in [0.2, 0.25) is 11.8 Å². The van der Waals surface area contributed by atoms with Crippen LogP contribution in [0.25, 0.3) is 6.08 Å². The van der Waals surface area contributed by atoms with Crippen molar-refractivity contribution >= 4 is 29.4 Å². The van der Waals surface area contributed by atoms with Gasteiger partial charge in [0.1, 0.15) is 28.0 Å². The molecule has 0 radical (unpaired) electrons. The van der Waals surface area contributed by atoms with Crippen LogP contribution in [0.1, 0.15) is 69.3 Å². The third-order valence-corrected chi connectivity index (χ3v) is 9.73. The highest BCUT2D eigenvalue weighted by Crippen LogP contribution is 2.67. The number of carbonyl (C=O) groups excluding carboxylic acids is 3. The molecule has 7 heteroatoms. The van der Waals surface area contributed by atoms with Gasteiger partial charge in [-0.05, 0) is 57.4 Å². The SMILES string of the molecule is CC1(C)C=Cc2c(ccc3c2N[C@]2(C[C@@]45NC(=O)[C@@]6(CCCN6C4=O)C[C@@H]5C2(C)C)C3=O)O1. The zero-order valence-corrected chi connectivity index (χ0v) is 19.5. The lowest BCUT2D eigenvalue weighted by atomic mass is 9.59. The summed E-state index contributed by atoms with van der Waals surface area (Å²) in [5.41, 5.74) is -1.42. The first-order valence-electron chi connectivity index (χ1n) is 12.0. The number of carbonyl (C=O) groups is 3. The molecule has 2 N–H and O–H groups in total. The first-order chi connectivity index (χ1) is 15.5. The van der Waals surface area contributed by atoms with E-state index >= 15 is 0 Å². The summed E-state index contributed by atoms with van der Waals surface area (Å²) < 4.78 is 6.15. The molecule has 4 atom stereocenters. The molecule has 1 aliphatic carbocycles. The number of hydrogen-bond acceptors (Lipinski definition) is 5. The smallest absolute Gasteiger partial charge is 0.249 e. The Balaban J connectivity index is 1.38. The third-order valence-electron chi connectivity index (χ3n) is 9.73. The predicted molar refractivity (Wildman–Crippen MR) is 122 cm³/mol. The average molecular weight is 448 g/mol. The molecule has 172 valence electrons. The highest BCUT2D eigenvalue weighted by molar-refractivity contribution is 6.17. The van der Waals surface area contributed by atoms with Crippen LogP contribution in [0.15, 0.2) is 18.2 Å². The predicted octanol–water partition coefficient (Wildman–Crippen LogP) is 2.90. The molecule has 33 heavy (non-hydrogen) atoms. The summed E-state index contributed by atoms with van der Waals surface area (Å²) in [6.07, 6.45) is 6.48. The van der Waals surface area contributed by atoms with Gasteiger partial charge in [0.25, 0.3) is 0 Å². The molecule has 1 aromatic carbocycles. The van der Waals surface area contributed by atoms with Crippen molar-refractivity contribution in [1.82, 2.24) is 10.2 Å². The van der Waals surface area contributed by atoms with E-state index in [1.54, 1.807) is 0 Å². The Labute approximate surface area is 192 Å². The van der Waals surface area contributed by atoms with E-state index in [1.807, 2.05) is 43.0 Å². The molecule has 0 aromatic heterocycles. The molecule has 2 bridgehead atoms. The minimum absolute atomic E-state index is 0.00152. The quantitative estimate of drug-likeness (QED) is 0.639. The van der Waals surface area contributed by atoms with Gasteiger partial charge in [0.15, 0.2) is 5.78 Å². The zero-order valence-electron chi connectivity index (χ0n) is 19.5. The molecule has 2 amide bonds. The first kappa shape index (κ1) is 19.6. The van der Waals surface area contributed by atoms with Gasteiger partial charge < -0.3 is 20.3 Å². The summed E-state index contributed by atoms with van der Waals surface area (Å²) in [7, 11) is 0. The second-order valence-electron chi connectivity index (χ2n) is 12.0. The lowest BCUT2D eigenvalue weighted by molar-refractivity contribution is -0.175. The van der Waals surface area contributed by atoms with Gasteiger partial charge in [-0.2, -0.15) is 0 Å². The van der Waals surface area contributed by atoms with Crippen LogP contribution in [0.3, 0.4) is 0 Å². The van der Waals surface area contributed by atoms with Gasteiger partial charge in [-0.3, -0.25) is 14.4 Å². The highest BCUT2D eigenvalue weighted by Gasteiger charge is 2.80. The van der Waals surface area contributed by atoms with E-state index in [2.05, 4.69) is 24.5 Å². The Morgan fingerprint density at radius 1 is 1.09 bits per heavy atom. The number of ketones is 1. The number of anilines is 1. The Bertz CT molecular complexity index is 1230. The van der Waals surface area contributed by atoms with Crippen LogP contribution >= 0.6 is 0 Å². The molecule has 8 rings (SSSR count). The maximum Gasteiger partial charge on any atom is 0.249 e. The topological polar surface area (TPSA) is 87.7 Å². The minimum Gasteiger partial charge on any atom is -0.483 e. The second-order valence-corrected chi connectivity index (χ2v) is 12.0. The molecule has 5 fully saturated rings. The van der Waals surface area contributed by atoms with Gasteiger partial charge in [0, 0.05) is 35.4 Å². The molecular formula is C26H29N3O4. The Morgan fingerprint density at radius 3 is 2.67 bits per heavy atom. The van der Waals surface area contributed by atoms with Crippen molar-refractivity contribution in [2.75, 3.05) is 11.9 Å². The number of piperazine rings is 1. The molecule has 1 saturated carbocycles. The van der Waals surface area contributed by atoms with Crippen molar-refractivity contribution < 1.29 is 19.1 Å². The van der Waals surface area contributed by atoms with Crippen LogP contribution in [-0.2, 0) is 9.59 Å². The number of fused-ring (bicyclic) bond motifs is 4. The largest absolute Gasteiger partial charge is 0.483 e. The summed E-state index contributed by atoms with van der Waals surface area (Å²) in [6, 6.07) is 3.72. The van der Waals surface area contributed by atoms with Gasteiger partial charge in [-0.1, -0.05) is 13.8 Å². The van der Waals surface area contributed by atoms with Gasteiger partial charge >= 0.3 is 0 Å². The number of hydrogen-bond donors (Lipinski definition) is 2. The molecule has 7 nitrogen and oxygen atoms in total. The number of rotatable bonds is 0. The molecule has 6 aliphatic heterocycles. The van der Waals surface area contributed by atoms with Crippen LogP contribution in [0, 0.1) is 11.3 Å². The standard InChI is InChI=1S/C26H29N3O4/c1-22(2)10-8-14-16(33-22)7-6-15-18(14)27-26(19(15)30)13-25-17(23(26,3)4)12-24(20(31)28-25)9-5-11-29(24)21(25)32/h6-8,10,17,27H,5,9,11-13H2,1-4H3,(H,28,31)/t17-,24-,25+,26-/m1/s1. The summed E-state index contributed by atoms with van der Waals surface area (Å²) in [5.74, 6) is 0.600. The van der Waals surface area contributed by atoms with Gasteiger partial charge in [-0.25, -0.2) is 0 Å². The summed E-state index contributed by atoms with van der Waals surface area (Å²) in [5, 5.41) is 6.80. The van der Waals surface area contributed by atoms with E-state index in [9.17, 15) is 14.4 Å². The van der Waals surface area contributed by atoms with E-state index in [1.165, 1.54) is 0 Å². The zero-order chi connectivity index (χ0) is 23.2. The number of amides is 2. The summed E-state index contributed by atoms with van der Waals surface area (Å²) in [6.45, 7) is 8.82. The fraction of sp³-hybridized carbons (Fsp3) is 0.577. The molecule has 7 aliphatic rings.